The van der Waals surface area contributed by atoms with Crippen molar-refractivity contribution in [2.45, 2.75) is 33.1 Å². The molecular weight excluding hydrogens is 306 g/mol. The fourth-order valence-electron chi connectivity index (χ4n) is 2.62. The van der Waals surface area contributed by atoms with E-state index >= 15 is 0 Å². The van der Waals surface area contributed by atoms with Crippen molar-refractivity contribution in [1.82, 2.24) is 19.6 Å². The summed E-state index contributed by atoms with van der Waals surface area (Å²) in [5.74, 6) is -0.00745. The van der Waals surface area contributed by atoms with Gasteiger partial charge >= 0.3 is 0 Å². The summed E-state index contributed by atoms with van der Waals surface area (Å²) in [6.45, 7) is 5.42. The number of nitrogens with zero attached hydrogens (tertiary/aromatic N) is 3. The molecule has 0 radical (unpaired) electrons. The summed E-state index contributed by atoms with van der Waals surface area (Å²) in [5, 5.41) is 5.53. The molecule has 1 aromatic carbocycles. The van der Waals surface area contributed by atoms with Crippen LogP contribution < -0.4 is 10.9 Å². The minimum Gasteiger partial charge on any atom is -0.294 e. The zero-order valence-electron chi connectivity index (χ0n) is 13.8. The van der Waals surface area contributed by atoms with Gasteiger partial charge in [0.25, 0.3) is 11.3 Å². The topological polar surface area (TPSA) is 92.2 Å². The fourth-order valence-corrected chi connectivity index (χ4v) is 2.62. The van der Waals surface area contributed by atoms with Gasteiger partial charge in [0.05, 0.1) is 5.92 Å². The second-order valence-electron chi connectivity index (χ2n) is 5.70. The van der Waals surface area contributed by atoms with Gasteiger partial charge in [0.1, 0.15) is 0 Å². The number of fused-ring (bicyclic) bond motifs is 1. The van der Waals surface area contributed by atoms with E-state index < -0.39 is 0 Å². The average molecular weight is 325 g/mol. The number of anilines is 1. The highest BCUT2D eigenvalue weighted by Gasteiger charge is 2.20. The second-order valence-corrected chi connectivity index (χ2v) is 5.70. The Kier molecular flexibility index (Phi) is 4.16. The van der Waals surface area contributed by atoms with Crippen LogP contribution >= 0.6 is 0 Å². The van der Waals surface area contributed by atoms with Gasteiger partial charge in [-0.2, -0.15) is 9.50 Å². The van der Waals surface area contributed by atoms with Gasteiger partial charge in [-0.1, -0.05) is 37.3 Å². The monoisotopic (exact) mass is 325 g/mol. The van der Waals surface area contributed by atoms with E-state index in [0.717, 1.165) is 5.56 Å². The first-order chi connectivity index (χ1) is 11.5. The van der Waals surface area contributed by atoms with Crippen LogP contribution in [0.3, 0.4) is 0 Å². The SMILES string of the molecule is CC[C@@H](C(=O)Nc1nc2nc(C)c(C)c(=O)n2[nH]1)c1ccccc1. The predicted molar refractivity (Wildman–Crippen MR) is 91.2 cm³/mol. The quantitative estimate of drug-likeness (QED) is 0.769. The van der Waals surface area contributed by atoms with Gasteiger partial charge in [-0.3, -0.25) is 20.0 Å². The molecule has 0 fully saturated rings. The molecule has 3 aromatic rings. The number of aromatic nitrogens is 4. The molecule has 7 heteroatoms. The Balaban J connectivity index is 1.90. The number of aromatic amines is 1. The number of hydrogen-bond donors (Lipinski definition) is 2. The zero-order valence-corrected chi connectivity index (χ0v) is 13.8. The van der Waals surface area contributed by atoms with Crippen LogP contribution in [0.25, 0.3) is 5.78 Å². The summed E-state index contributed by atoms with van der Waals surface area (Å²) in [4.78, 5) is 33.2. The molecule has 0 aliphatic carbocycles. The second kappa shape index (κ2) is 6.27. The molecule has 0 aliphatic rings. The van der Waals surface area contributed by atoms with Crippen LogP contribution in [0.5, 0.6) is 0 Å². The van der Waals surface area contributed by atoms with Gasteiger partial charge in [0.15, 0.2) is 0 Å². The Morgan fingerprint density at radius 1 is 1.25 bits per heavy atom. The van der Waals surface area contributed by atoms with Crippen LogP contribution in [0.2, 0.25) is 0 Å². The fraction of sp³-hybridized carbons (Fsp3) is 0.294. The molecule has 1 amide bonds. The Morgan fingerprint density at radius 3 is 2.62 bits per heavy atom. The third kappa shape index (κ3) is 2.80. The van der Waals surface area contributed by atoms with E-state index in [1.807, 2.05) is 37.3 Å². The first-order valence-electron chi connectivity index (χ1n) is 7.83. The molecule has 0 saturated heterocycles. The number of nitrogens with one attached hydrogen (secondary N) is 2. The Bertz CT molecular complexity index is 943. The van der Waals surface area contributed by atoms with Crippen molar-refractivity contribution in [2.24, 2.45) is 0 Å². The van der Waals surface area contributed by atoms with Crippen molar-refractivity contribution >= 4 is 17.6 Å². The number of rotatable bonds is 4. The van der Waals surface area contributed by atoms with E-state index in [2.05, 4.69) is 20.4 Å². The van der Waals surface area contributed by atoms with E-state index in [4.69, 9.17) is 0 Å². The number of aryl methyl sites for hydroxylation is 1. The van der Waals surface area contributed by atoms with Crippen LogP contribution in [0.15, 0.2) is 35.1 Å². The third-order valence-corrected chi connectivity index (χ3v) is 4.13. The summed E-state index contributed by atoms with van der Waals surface area (Å²) >= 11 is 0. The molecule has 2 heterocycles. The number of carbonyl (C=O) groups is 1. The van der Waals surface area contributed by atoms with Crippen molar-refractivity contribution < 1.29 is 4.79 Å². The number of carbonyl (C=O) groups excluding carboxylic acids is 1. The summed E-state index contributed by atoms with van der Waals surface area (Å²) in [6.07, 6.45) is 0.659. The maximum Gasteiger partial charge on any atom is 0.277 e. The Labute approximate surface area is 138 Å². The van der Waals surface area contributed by atoms with E-state index in [0.29, 0.717) is 17.7 Å². The van der Waals surface area contributed by atoms with Crippen LogP contribution in [-0.2, 0) is 4.79 Å². The lowest BCUT2D eigenvalue weighted by molar-refractivity contribution is -0.117. The molecule has 24 heavy (non-hydrogen) atoms. The van der Waals surface area contributed by atoms with Crippen molar-refractivity contribution in [3.8, 4) is 0 Å². The van der Waals surface area contributed by atoms with Gasteiger partial charge in [-0.15, -0.1) is 0 Å². The molecule has 2 aromatic heterocycles. The lowest BCUT2D eigenvalue weighted by atomic mass is 9.96. The largest absolute Gasteiger partial charge is 0.294 e. The third-order valence-electron chi connectivity index (χ3n) is 4.13. The van der Waals surface area contributed by atoms with Crippen LogP contribution in [0.4, 0.5) is 5.95 Å². The molecule has 0 unspecified atom stereocenters. The number of hydrogen-bond acceptors (Lipinski definition) is 4. The highest BCUT2D eigenvalue weighted by Crippen LogP contribution is 2.20. The average Bonchev–Trinajstić information content (AvgIpc) is 2.97. The number of benzene rings is 1. The first-order valence-corrected chi connectivity index (χ1v) is 7.83. The first kappa shape index (κ1) is 15.9. The van der Waals surface area contributed by atoms with Gasteiger partial charge in [0.2, 0.25) is 11.9 Å². The maximum absolute atomic E-state index is 12.6. The van der Waals surface area contributed by atoms with Gasteiger partial charge in [0, 0.05) is 11.3 Å². The maximum atomic E-state index is 12.6. The minimum atomic E-state index is -0.285. The summed E-state index contributed by atoms with van der Waals surface area (Å²) in [7, 11) is 0. The van der Waals surface area contributed by atoms with Crippen LogP contribution in [0.1, 0.15) is 36.1 Å². The molecule has 7 nitrogen and oxygen atoms in total. The minimum absolute atomic E-state index is 0.177. The lowest BCUT2D eigenvalue weighted by Gasteiger charge is -2.13. The van der Waals surface area contributed by atoms with Gasteiger partial charge in [-0.25, -0.2) is 4.98 Å². The smallest absolute Gasteiger partial charge is 0.277 e. The van der Waals surface area contributed by atoms with E-state index in [9.17, 15) is 9.59 Å². The molecule has 0 bridgehead atoms. The Hall–Kier alpha value is -2.96. The summed E-state index contributed by atoms with van der Waals surface area (Å²) in [5.41, 5.74) is 1.89. The standard InChI is InChI=1S/C17H19N5O2/c1-4-13(12-8-6-5-7-9-12)14(23)19-16-20-17-18-11(3)10(2)15(24)22(17)21-16/h5-9,13H,4H2,1-3H3,(H2,18,19,20,21,23)/t13-/m1/s1. The van der Waals surface area contributed by atoms with Gasteiger partial charge in [-0.05, 0) is 25.8 Å². The van der Waals surface area contributed by atoms with E-state index in [1.165, 1.54) is 4.52 Å². The predicted octanol–water partition coefficient (Wildman–Crippen LogP) is 2.17. The molecule has 124 valence electrons. The van der Waals surface area contributed by atoms with Crippen LogP contribution in [0, 0.1) is 13.8 Å². The van der Waals surface area contributed by atoms with Crippen LogP contribution in [-0.4, -0.2) is 25.5 Å². The number of amides is 1. The molecule has 0 saturated carbocycles. The summed E-state index contributed by atoms with van der Waals surface area (Å²) in [6, 6.07) is 9.56. The normalized spacial score (nSPS) is 12.3. The van der Waals surface area contributed by atoms with Crippen molar-refractivity contribution in [3.63, 3.8) is 0 Å². The van der Waals surface area contributed by atoms with Crippen molar-refractivity contribution in [3.05, 3.63) is 57.5 Å². The zero-order chi connectivity index (χ0) is 17.3. The molecule has 2 N–H and O–H groups in total. The van der Waals surface area contributed by atoms with E-state index in [1.54, 1.807) is 13.8 Å². The molecule has 0 spiro atoms. The molecule has 0 aliphatic heterocycles. The highest BCUT2D eigenvalue weighted by molar-refractivity contribution is 5.94. The van der Waals surface area contributed by atoms with Gasteiger partial charge < -0.3 is 0 Å². The van der Waals surface area contributed by atoms with Crippen molar-refractivity contribution in [1.29, 1.82) is 0 Å². The van der Waals surface area contributed by atoms with Crippen molar-refractivity contribution in [2.75, 3.05) is 5.32 Å². The molecular formula is C17H19N5O2. The van der Waals surface area contributed by atoms with E-state index in [-0.39, 0.29) is 29.1 Å². The number of H-pyrrole nitrogens is 1. The summed E-state index contributed by atoms with van der Waals surface area (Å²) < 4.78 is 1.24. The lowest BCUT2D eigenvalue weighted by Crippen LogP contribution is -2.22. The molecule has 3 rings (SSSR count). The molecule has 1 atom stereocenters. The Morgan fingerprint density at radius 2 is 1.96 bits per heavy atom. The highest BCUT2D eigenvalue weighted by atomic mass is 16.2.